The third-order valence-corrected chi connectivity index (χ3v) is 2.99. The van der Waals surface area contributed by atoms with Crippen LogP contribution >= 0.6 is 0 Å². The lowest BCUT2D eigenvalue weighted by atomic mass is 10.0. The molecule has 0 atom stereocenters. The number of rotatable bonds is 5. The molecule has 0 aliphatic rings. The van der Waals surface area contributed by atoms with E-state index in [1.54, 1.807) is 0 Å². The van der Waals surface area contributed by atoms with E-state index in [0.717, 1.165) is 16.8 Å². The van der Waals surface area contributed by atoms with Gasteiger partial charge >= 0.3 is 5.97 Å². The highest BCUT2D eigenvalue weighted by molar-refractivity contribution is 5.70. The van der Waals surface area contributed by atoms with Gasteiger partial charge in [0.1, 0.15) is 0 Å². The average molecular weight is 255 g/mol. The predicted octanol–water partition coefficient (Wildman–Crippen LogP) is 3.23. The fourth-order valence-electron chi connectivity index (χ4n) is 1.93. The molecule has 0 fully saturated rings. The lowest BCUT2D eigenvalue weighted by molar-refractivity contribution is -0.136. The highest BCUT2D eigenvalue weighted by Gasteiger charge is 2.05. The third kappa shape index (κ3) is 3.85. The number of carbonyl (C=O) groups is 1. The van der Waals surface area contributed by atoms with E-state index in [-0.39, 0.29) is 6.42 Å². The van der Waals surface area contributed by atoms with Gasteiger partial charge in [-0.3, -0.25) is 4.79 Å². The fourth-order valence-corrected chi connectivity index (χ4v) is 1.93. The van der Waals surface area contributed by atoms with Gasteiger partial charge in [-0.2, -0.15) is 0 Å². The second-order valence-corrected chi connectivity index (χ2v) is 4.56. The Morgan fingerprint density at radius 3 is 2.32 bits per heavy atom. The summed E-state index contributed by atoms with van der Waals surface area (Å²) in [5.74, 6) is -0.803. The first-order valence-electron chi connectivity index (χ1n) is 6.24. The first-order valence-corrected chi connectivity index (χ1v) is 6.24. The SMILES string of the molecule is Cc1ccc(NCc2ccccc2CC(=O)O)cc1. The van der Waals surface area contributed by atoms with Crippen molar-refractivity contribution in [2.45, 2.75) is 19.9 Å². The van der Waals surface area contributed by atoms with Crippen molar-refractivity contribution in [1.82, 2.24) is 0 Å². The molecule has 0 radical (unpaired) electrons. The van der Waals surface area contributed by atoms with Crippen molar-refractivity contribution >= 4 is 11.7 Å². The van der Waals surface area contributed by atoms with E-state index < -0.39 is 5.97 Å². The molecule has 0 unspecified atom stereocenters. The minimum absolute atomic E-state index is 0.0613. The molecule has 3 nitrogen and oxygen atoms in total. The van der Waals surface area contributed by atoms with Crippen LogP contribution < -0.4 is 5.32 Å². The topological polar surface area (TPSA) is 49.3 Å². The maximum absolute atomic E-state index is 10.8. The Morgan fingerprint density at radius 1 is 1.05 bits per heavy atom. The maximum atomic E-state index is 10.8. The second kappa shape index (κ2) is 6.05. The molecule has 2 rings (SSSR count). The van der Waals surface area contributed by atoms with Crippen molar-refractivity contribution in [3.05, 3.63) is 65.2 Å². The average Bonchev–Trinajstić information content (AvgIpc) is 2.39. The van der Waals surface area contributed by atoms with Crippen molar-refractivity contribution in [3.63, 3.8) is 0 Å². The zero-order valence-electron chi connectivity index (χ0n) is 10.9. The number of aliphatic carboxylic acids is 1. The van der Waals surface area contributed by atoms with Gasteiger partial charge in [-0.15, -0.1) is 0 Å². The number of hydrogen-bond acceptors (Lipinski definition) is 2. The van der Waals surface area contributed by atoms with E-state index in [4.69, 9.17) is 5.11 Å². The Morgan fingerprint density at radius 2 is 1.68 bits per heavy atom. The van der Waals surface area contributed by atoms with E-state index in [2.05, 4.69) is 5.32 Å². The van der Waals surface area contributed by atoms with Crippen molar-refractivity contribution in [2.24, 2.45) is 0 Å². The van der Waals surface area contributed by atoms with Crippen LogP contribution in [0.2, 0.25) is 0 Å². The summed E-state index contributed by atoms with van der Waals surface area (Å²) in [5, 5.41) is 12.2. The minimum Gasteiger partial charge on any atom is -0.481 e. The fraction of sp³-hybridized carbons (Fsp3) is 0.188. The number of anilines is 1. The first kappa shape index (κ1) is 13.1. The monoisotopic (exact) mass is 255 g/mol. The van der Waals surface area contributed by atoms with Crippen molar-refractivity contribution in [1.29, 1.82) is 0 Å². The molecule has 0 saturated carbocycles. The van der Waals surface area contributed by atoms with Crippen LogP contribution in [0.25, 0.3) is 0 Å². The molecule has 0 bridgehead atoms. The van der Waals surface area contributed by atoms with Gasteiger partial charge in [0.15, 0.2) is 0 Å². The van der Waals surface area contributed by atoms with E-state index in [9.17, 15) is 4.79 Å². The van der Waals surface area contributed by atoms with Crippen molar-refractivity contribution in [2.75, 3.05) is 5.32 Å². The van der Waals surface area contributed by atoms with Gasteiger partial charge < -0.3 is 10.4 Å². The van der Waals surface area contributed by atoms with Crippen LogP contribution in [-0.4, -0.2) is 11.1 Å². The minimum atomic E-state index is -0.803. The first-order chi connectivity index (χ1) is 9.15. The molecular weight excluding hydrogens is 238 g/mol. The summed E-state index contributed by atoms with van der Waals surface area (Å²) in [7, 11) is 0. The van der Waals surface area contributed by atoms with Crippen LogP contribution in [0.15, 0.2) is 48.5 Å². The van der Waals surface area contributed by atoms with Crippen LogP contribution in [0.1, 0.15) is 16.7 Å². The Bertz CT molecular complexity index is 561. The molecule has 2 N–H and O–H groups in total. The number of hydrogen-bond donors (Lipinski definition) is 2. The lowest BCUT2D eigenvalue weighted by Gasteiger charge is -2.10. The van der Waals surface area contributed by atoms with E-state index in [0.29, 0.717) is 6.54 Å². The van der Waals surface area contributed by atoms with Gasteiger partial charge in [0.05, 0.1) is 6.42 Å². The molecule has 19 heavy (non-hydrogen) atoms. The zero-order valence-corrected chi connectivity index (χ0v) is 10.9. The number of benzene rings is 2. The summed E-state index contributed by atoms with van der Waals surface area (Å²) in [6.07, 6.45) is 0.0613. The van der Waals surface area contributed by atoms with Crippen molar-refractivity contribution in [3.8, 4) is 0 Å². The Balaban J connectivity index is 2.06. The number of carboxylic acids is 1. The standard InChI is InChI=1S/C16H17NO2/c1-12-6-8-15(9-7-12)17-11-14-5-3-2-4-13(14)10-16(18)19/h2-9,17H,10-11H2,1H3,(H,18,19). The van der Waals surface area contributed by atoms with Crippen LogP contribution in [0, 0.1) is 6.92 Å². The van der Waals surface area contributed by atoms with Crippen LogP contribution in [-0.2, 0) is 17.8 Å². The highest BCUT2D eigenvalue weighted by atomic mass is 16.4. The molecule has 0 aromatic heterocycles. The molecule has 0 amide bonds. The molecule has 3 heteroatoms. The molecular formula is C16H17NO2. The van der Waals surface area contributed by atoms with Gasteiger partial charge in [0.25, 0.3) is 0 Å². The number of carboxylic acid groups (broad SMARTS) is 1. The Kier molecular flexibility index (Phi) is 4.18. The highest BCUT2D eigenvalue weighted by Crippen LogP contribution is 2.14. The quantitative estimate of drug-likeness (QED) is 0.862. The summed E-state index contributed by atoms with van der Waals surface area (Å²) in [4.78, 5) is 10.8. The predicted molar refractivity (Wildman–Crippen MR) is 76.3 cm³/mol. The summed E-state index contributed by atoms with van der Waals surface area (Å²) < 4.78 is 0. The summed E-state index contributed by atoms with van der Waals surface area (Å²) in [6.45, 7) is 2.68. The van der Waals surface area contributed by atoms with E-state index in [1.165, 1.54) is 5.56 Å². The van der Waals surface area contributed by atoms with Gasteiger partial charge in [-0.05, 0) is 30.2 Å². The Hall–Kier alpha value is -2.29. The summed E-state index contributed by atoms with van der Waals surface area (Å²) >= 11 is 0. The van der Waals surface area contributed by atoms with E-state index in [1.807, 2.05) is 55.5 Å². The van der Waals surface area contributed by atoms with Gasteiger partial charge in [-0.1, -0.05) is 42.0 Å². The van der Waals surface area contributed by atoms with E-state index >= 15 is 0 Å². The molecule has 0 heterocycles. The van der Waals surface area contributed by atoms with Gasteiger partial charge in [0, 0.05) is 12.2 Å². The number of nitrogens with one attached hydrogen (secondary N) is 1. The molecule has 2 aromatic carbocycles. The van der Waals surface area contributed by atoms with Gasteiger partial charge in [0.2, 0.25) is 0 Å². The van der Waals surface area contributed by atoms with Crippen LogP contribution in [0.5, 0.6) is 0 Å². The summed E-state index contributed by atoms with van der Waals surface area (Å²) in [5.41, 5.74) is 4.13. The second-order valence-electron chi connectivity index (χ2n) is 4.56. The lowest BCUT2D eigenvalue weighted by Crippen LogP contribution is -2.07. The summed E-state index contributed by atoms with van der Waals surface area (Å²) in [6, 6.07) is 15.8. The normalized spacial score (nSPS) is 10.2. The zero-order chi connectivity index (χ0) is 13.7. The van der Waals surface area contributed by atoms with Crippen LogP contribution in [0.4, 0.5) is 5.69 Å². The molecule has 0 saturated heterocycles. The Labute approximate surface area is 112 Å². The van der Waals surface area contributed by atoms with Gasteiger partial charge in [-0.25, -0.2) is 0 Å². The molecule has 98 valence electrons. The molecule has 2 aromatic rings. The largest absolute Gasteiger partial charge is 0.481 e. The molecule has 0 aliphatic heterocycles. The maximum Gasteiger partial charge on any atom is 0.307 e. The van der Waals surface area contributed by atoms with Crippen molar-refractivity contribution < 1.29 is 9.90 Å². The molecule has 0 spiro atoms. The molecule has 0 aliphatic carbocycles. The smallest absolute Gasteiger partial charge is 0.307 e. The van der Waals surface area contributed by atoms with Crippen LogP contribution in [0.3, 0.4) is 0 Å². The third-order valence-electron chi connectivity index (χ3n) is 2.99. The number of aryl methyl sites for hydroxylation is 1.